The molecule has 8 nitrogen and oxygen atoms in total. The maximum atomic E-state index is 13.0. The van der Waals surface area contributed by atoms with E-state index < -0.39 is 36.1 Å². The fourth-order valence-corrected chi connectivity index (χ4v) is 4.40. The van der Waals surface area contributed by atoms with Crippen LogP contribution in [0.3, 0.4) is 0 Å². The van der Waals surface area contributed by atoms with Crippen LogP contribution in [-0.2, 0) is 19.1 Å². The van der Waals surface area contributed by atoms with Crippen LogP contribution in [-0.4, -0.2) is 46.9 Å². The molecule has 8 heteroatoms. The lowest BCUT2D eigenvalue weighted by molar-refractivity contribution is -0.155. The molecule has 168 valence electrons. The number of urea groups is 1. The van der Waals surface area contributed by atoms with Crippen molar-refractivity contribution >= 4 is 29.5 Å². The SMILES string of the molecule is CC(C)c1ccccc1NC(=O)[C@H](C)OC(=O)CN1C(=O)N[C@@]2(CCCC[C@@H]2C)C1=O. The molecule has 2 N–H and O–H groups in total. The normalized spacial score (nSPS) is 24.3. The van der Waals surface area contributed by atoms with Crippen LogP contribution in [0.25, 0.3) is 0 Å². The zero-order valence-electron chi connectivity index (χ0n) is 18.6. The third kappa shape index (κ3) is 4.57. The number of nitrogens with one attached hydrogen (secondary N) is 2. The van der Waals surface area contributed by atoms with Gasteiger partial charge in [-0.15, -0.1) is 0 Å². The van der Waals surface area contributed by atoms with Crippen LogP contribution in [0.5, 0.6) is 0 Å². The van der Waals surface area contributed by atoms with Crippen LogP contribution in [0.2, 0.25) is 0 Å². The Kier molecular flexibility index (Phi) is 6.67. The predicted molar refractivity (Wildman–Crippen MR) is 115 cm³/mol. The molecule has 1 aliphatic heterocycles. The van der Waals surface area contributed by atoms with Crippen LogP contribution in [0.1, 0.15) is 64.9 Å². The highest BCUT2D eigenvalue weighted by Gasteiger charge is 2.55. The highest BCUT2D eigenvalue weighted by molar-refractivity contribution is 6.09. The molecule has 1 aromatic carbocycles. The first-order valence-corrected chi connectivity index (χ1v) is 10.9. The lowest BCUT2D eigenvalue weighted by Crippen LogP contribution is -2.54. The molecule has 1 heterocycles. The molecule has 0 unspecified atom stereocenters. The molecular formula is C23H31N3O5. The van der Waals surface area contributed by atoms with Gasteiger partial charge < -0.3 is 15.4 Å². The summed E-state index contributed by atoms with van der Waals surface area (Å²) < 4.78 is 5.22. The molecule has 2 fully saturated rings. The summed E-state index contributed by atoms with van der Waals surface area (Å²) >= 11 is 0. The number of hydrogen-bond acceptors (Lipinski definition) is 5. The van der Waals surface area contributed by atoms with Crippen LogP contribution in [0.4, 0.5) is 10.5 Å². The number of carbonyl (C=O) groups excluding carboxylic acids is 4. The standard InChI is InChI=1S/C23H31N3O5/c1-14(2)17-10-5-6-11-18(17)24-20(28)16(4)31-19(27)13-26-21(29)23(25-22(26)30)12-8-7-9-15(23)3/h5-6,10-11,14-16H,7-9,12-13H2,1-4H3,(H,24,28)(H,25,30)/t15-,16-,23+/m0/s1. The van der Waals surface area contributed by atoms with Crippen molar-refractivity contribution in [2.75, 3.05) is 11.9 Å². The molecule has 1 aromatic rings. The van der Waals surface area contributed by atoms with Gasteiger partial charge in [0.05, 0.1) is 0 Å². The van der Waals surface area contributed by atoms with Gasteiger partial charge in [0.15, 0.2) is 6.10 Å². The van der Waals surface area contributed by atoms with Crippen molar-refractivity contribution in [1.29, 1.82) is 0 Å². The second-order valence-corrected chi connectivity index (χ2v) is 8.80. The third-order valence-corrected chi connectivity index (χ3v) is 6.31. The van der Waals surface area contributed by atoms with Crippen LogP contribution >= 0.6 is 0 Å². The second-order valence-electron chi connectivity index (χ2n) is 8.80. The minimum absolute atomic E-state index is 0.00412. The van der Waals surface area contributed by atoms with E-state index >= 15 is 0 Å². The Bertz CT molecular complexity index is 884. The van der Waals surface area contributed by atoms with E-state index in [0.717, 1.165) is 29.7 Å². The molecule has 4 amide bonds. The minimum atomic E-state index is -1.07. The van der Waals surface area contributed by atoms with E-state index in [1.54, 1.807) is 6.07 Å². The van der Waals surface area contributed by atoms with E-state index in [1.807, 2.05) is 39.0 Å². The summed E-state index contributed by atoms with van der Waals surface area (Å²) in [6.07, 6.45) is 2.21. The zero-order valence-corrected chi connectivity index (χ0v) is 18.6. The summed E-state index contributed by atoms with van der Waals surface area (Å²) in [5, 5.41) is 5.58. The molecule has 3 atom stereocenters. The van der Waals surface area contributed by atoms with Crippen molar-refractivity contribution in [2.45, 2.75) is 70.9 Å². The molecular weight excluding hydrogens is 398 g/mol. The first kappa shape index (κ1) is 22.8. The highest BCUT2D eigenvalue weighted by Crippen LogP contribution is 2.38. The van der Waals surface area contributed by atoms with E-state index in [1.165, 1.54) is 6.92 Å². The van der Waals surface area contributed by atoms with E-state index in [-0.39, 0.29) is 17.7 Å². The van der Waals surface area contributed by atoms with Gasteiger partial charge in [-0.3, -0.25) is 19.3 Å². The smallest absolute Gasteiger partial charge is 0.327 e. The molecule has 3 rings (SSSR count). The largest absolute Gasteiger partial charge is 0.451 e. The number of esters is 1. The Labute approximate surface area is 182 Å². The van der Waals surface area contributed by atoms with Gasteiger partial charge in [0.2, 0.25) is 0 Å². The van der Waals surface area contributed by atoms with Crippen LogP contribution in [0.15, 0.2) is 24.3 Å². The van der Waals surface area contributed by atoms with Crippen molar-refractivity contribution < 1.29 is 23.9 Å². The molecule has 0 radical (unpaired) electrons. The number of anilines is 1. The zero-order chi connectivity index (χ0) is 22.8. The average molecular weight is 430 g/mol. The van der Waals surface area contributed by atoms with Gasteiger partial charge in [0.1, 0.15) is 12.1 Å². The summed E-state index contributed by atoms with van der Waals surface area (Å²) in [5.41, 5.74) is 0.701. The summed E-state index contributed by atoms with van der Waals surface area (Å²) in [6, 6.07) is 6.85. The Morgan fingerprint density at radius 2 is 1.94 bits per heavy atom. The average Bonchev–Trinajstić information content (AvgIpc) is 2.95. The van der Waals surface area contributed by atoms with E-state index in [0.29, 0.717) is 12.1 Å². The molecule has 1 saturated heterocycles. The van der Waals surface area contributed by atoms with Gasteiger partial charge in [-0.1, -0.05) is 51.8 Å². The number of carbonyl (C=O) groups is 4. The fraction of sp³-hybridized carbons (Fsp3) is 0.565. The maximum absolute atomic E-state index is 13.0. The summed E-state index contributed by atoms with van der Waals surface area (Å²) in [6.45, 7) is 6.93. The van der Waals surface area contributed by atoms with E-state index in [4.69, 9.17) is 4.74 Å². The van der Waals surface area contributed by atoms with Crippen molar-refractivity contribution in [3.63, 3.8) is 0 Å². The summed E-state index contributed by atoms with van der Waals surface area (Å²) in [7, 11) is 0. The lowest BCUT2D eigenvalue weighted by Gasteiger charge is -2.36. The molecule has 1 saturated carbocycles. The molecule has 1 spiro atoms. The van der Waals surface area contributed by atoms with Gasteiger partial charge in [0.25, 0.3) is 11.8 Å². The quantitative estimate of drug-likeness (QED) is 0.534. The third-order valence-electron chi connectivity index (χ3n) is 6.31. The first-order chi connectivity index (χ1) is 14.7. The Morgan fingerprint density at radius 3 is 2.61 bits per heavy atom. The van der Waals surface area contributed by atoms with Crippen molar-refractivity contribution in [2.24, 2.45) is 5.92 Å². The molecule has 1 aliphatic carbocycles. The molecule has 2 aliphatic rings. The fourth-order valence-electron chi connectivity index (χ4n) is 4.40. The molecule has 0 aromatic heterocycles. The monoisotopic (exact) mass is 429 g/mol. The number of nitrogens with zero attached hydrogens (tertiary/aromatic N) is 1. The number of amides is 4. The van der Waals surface area contributed by atoms with Gasteiger partial charge in [-0.25, -0.2) is 4.79 Å². The van der Waals surface area contributed by atoms with Crippen molar-refractivity contribution in [1.82, 2.24) is 10.2 Å². The first-order valence-electron chi connectivity index (χ1n) is 10.9. The number of ether oxygens (including phenoxy) is 1. The summed E-state index contributed by atoms with van der Waals surface area (Å²) in [4.78, 5) is 51.2. The van der Waals surface area contributed by atoms with E-state index in [2.05, 4.69) is 10.6 Å². The van der Waals surface area contributed by atoms with Crippen LogP contribution in [0, 0.1) is 5.92 Å². The van der Waals surface area contributed by atoms with Crippen LogP contribution < -0.4 is 10.6 Å². The highest BCUT2D eigenvalue weighted by atomic mass is 16.5. The summed E-state index contributed by atoms with van der Waals surface area (Å²) in [5.74, 6) is -1.45. The minimum Gasteiger partial charge on any atom is -0.451 e. The van der Waals surface area contributed by atoms with Gasteiger partial charge in [-0.2, -0.15) is 0 Å². The number of imide groups is 1. The number of hydrogen-bond donors (Lipinski definition) is 2. The molecule has 31 heavy (non-hydrogen) atoms. The number of para-hydroxylation sites is 1. The Hall–Kier alpha value is -2.90. The maximum Gasteiger partial charge on any atom is 0.327 e. The van der Waals surface area contributed by atoms with Crippen molar-refractivity contribution in [3.05, 3.63) is 29.8 Å². The predicted octanol–water partition coefficient (Wildman–Crippen LogP) is 3.18. The second kappa shape index (κ2) is 9.08. The van der Waals surface area contributed by atoms with E-state index in [9.17, 15) is 19.2 Å². The Balaban J connectivity index is 1.60. The number of benzene rings is 1. The molecule has 0 bridgehead atoms. The Morgan fingerprint density at radius 1 is 1.23 bits per heavy atom. The van der Waals surface area contributed by atoms with Crippen molar-refractivity contribution in [3.8, 4) is 0 Å². The van der Waals surface area contributed by atoms with Gasteiger partial charge in [-0.05, 0) is 43.2 Å². The topological polar surface area (TPSA) is 105 Å². The number of rotatable bonds is 6. The van der Waals surface area contributed by atoms with Gasteiger partial charge in [0, 0.05) is 5.69 Å². The lowest BCUT2D eigenvalue weighted by atomic mass is 9.73. The van der Waals surface area contributed by atoms with Gasteiger partial charge >= 0.3 is 12.0 Å².